The van der Waals surface area contributed by atoms with Crippen molar-refractivity contribution in [3.05, 3.63) is 12.2 Å². The van der Waals surface area contributed by atoms with Gasteiger partial charge in [0.2, 0.25) is 5.91 Å². The van der Waals surface area contributed by atoms with Crippen molar-refractivity contribution in [2.75, 3.05) is 20.1 Å². The van der Waals surface area contributed by atoms with E-state index >= 15 is 0 Å². The summed E-state index contributed by atoms with van der Waals surface area (Å²) in [6.45, 7) is 6.94. The van der Waals surface area contributed by atoms with Gasteiger partial charge in [-0.25, -0.2) is 0 Å². The van der Waals surface area contributed by atoms with Gasteiger partial charge in [-0.3, -0.25) is 4.79 Å². The highest BCUT2D eigenvalue weighted by atomic mass is 16.1. The van der Waals surface area contributed by atoms with Crippen molar-refractivity contribution in [2.24, 2.45) is 0 Å². The average Bonchev–Trinajstić information content (AvgIpc) is 2.04. The lowest BCUT2D eigenvalue weighted by Gasteiger charge is -2.03. The molecule has 0 fully saturated rings. The average molecular weight is 156 g/mol. The van der Waals surface area contributed by atoms with E-state index in [1.807, 2.05) is 6.92 Å². The molecule has 0 aliphatic heterocycles. The molecule has 0 heterocycles. The molecule has 0 saturated heterocycles. The summed E-state index contributed by atoms with van der Waals surface area (Å²) in [6.07, 6.45) is 0.959. The second-order valence-corrected chi connectivity index (χ2v) is 2.38. The molecule has 0 atom stereocenters. The quantitative estimate of drug-likeness (QED) is 0.562. The standard InChI is InChI=1S/C8H16N2O/c1-4-7(2)5-10-6-8(11)9-3/h10H,2,4-6H2,1,3H3,(H,9,11). The van der Waals surface area contributed by atoms with Crippen LogP contribution in [0.15, 0.2) is 12.2 Å². The fraction of sp³-hybridized carbons (Fsp3) is 0.625. The Hall–Kier alpha value is -0.830. The summed E-state index contributed by atoms with van der Waals surface area (Å²) in [7, 11) is 1.62. The van der Waals surface area contributed by atoms with Gasteiger partial charge in [0.25, 0.3) is 0 Å². The van der Waals surface area contributed by atoms with Gasteiger partial charge in [0.15, 0.2) is 0 Å². The van der Waals surface area contributed by atoms with Crippen LogP contribution in [0, 0.1) is 0 Å². The fourth-order valence-electron chi connectivity index (χ4n) is 0.566. The Balaban J connectivity index is 3.27. The van der Waals surface area contributed by atoms with Crippen molar-refractivity contribution < 1.29 is 4.79 Å². The molecule has 0 rings (SSSR count). The molecule has 2 N–H and O–H groups in total. The summed E-state index contributed by atoms with van der Waals surface area (Å²) in [5.41, 5.74) is 1.12. The van der Waals surface area contributed by atoms with Crippen LogP contribution in [0.2, 0.25) is 0 Å². The summed E-state index contributed by atoms with van der Waals surface area (Å²) >= 11 is 0. The third-order valence-electron chi connectivity index (χ3n) is 1.44. The van der Waals surface area contributed by atoms with E-state index in [0.29, 0.717) is 6.54 Å². The van der Waals surface area contributed by atoms with Gasteiger partial charge >= 0.3 is 0 Å². The number of amides is 1. The first kappa shape index (κ1) is 10.2. The van der Waals surface area contributed by atoms with Gasteiger partial charge in [0.1, 0.15) is 0 Å². The number of likely N-dealkylation sites (N-methyl/N-ethyl adjacent to an activating group) is 1. The zero-order valence-corrected chi connectivity index (χ0v) is 7.24. The van der Waals surface area contributed by atoms with Crippen LogP contribution in [0.25, 0.3) is 0 Å². The smallest absolute Gasteiger partial charge is 0.233 e. The maximum atomic E-state index is 10.7. The van der Waals surface area contributed by atoms with Crippen LogP contribution in [0.3, 0.4) is 0 Å². The van der Waals surface area contributed by atoms with E-state index in [1.165, 1.54) is 0 Å². The molecule has 3 nitrogen and oxygen atoms in total. The van der Waals surface area contributed by atoms with Gasteiger partial charge in [0.05, 0.1) is 6.54 Å². The van der Waals surface area contributed by atoms with Crippen molar-refractivity contribution in [3.8, 4) is 0 Å². The van der Waals surface area contributed by atoms with Gasteiger partial charge in [0, 0.05) is 13.6 Å². The van der Waals surface area contributed by atoms with Crippen molar-refractivity contribution in [1.29, 1.82) is 0 Å². The van der Waals surface area contributed by atoms with Crippen molar-refractivity contribution in [3.63, 3.8) is 0 Å². The largest absolute Gasteiger partial charge is 0.358 e. The van der Waals surface area contributed by atoms with Crippen LogP contribution >= 0.6 is 0 Å². The first-order valence-electron chi connectivity index (χ1n) is 3.78. The molecule has 0 radical (unpaired) electrons. The molecule has 0 aliphatic rings. The molecule has 0 unspecified atom stereocenters. The predicted octanol–water partition coefficient (Wildman–Crippen LogP) is 0.288. The lowest BCUT2D eigenvalue weighted by molar-refractivity contribution is -0.119. The first-order chi connectivity index (χ1) is 5.20. The lowest BCUT2D eigenvalue weighted by atomic mass is 10.2. The van der Waals surface area contributed by atoms with Gasteiger partial charge in [-0.15, -0.1) is 0 Å². The van der Waals surface area contributed by atoms with E-state index in [-0.39, 0.29) is 5.91 Å². The summed E-state index contributed by atoms with van der Waals surface area (Å²) in [6, 6.07) is 0. The Morgan fingerprint density at radius 3 is 2.55 bits per heavy atom. The van der Waals surface area contributed by atoms with Crippen LogP contribution in [-0.4, -0.2) is 26.0 Å². The molecule has 0 bridgehead atoms. The molecule has 1 amide bonds. The maximum Gasteiger partial charge on any atom is 0.233 e. The zero-order chi connectivity index (χ0) is 8.69. The topological polar surface area (TPSA) is 41.1 Å². The molecule has 64 valence electrons. The van der Waals surface area contributed by atoms with Crippen LogP contribution in [-0.2, 0) is 4.79 Å². The number of nitrogens with one attached hydrogen (secondary N) is 2. The highest BCUT2D eigenvalue weighted by Crippen LogP contribution is 1.91. The molecule has 0 aromatic carbocycles. The van der Waals surface area contributed by atoms with E-state index in [2.05, 4.69) is 17.2 Å². The van der Waals surface area contributed by atoms with Crippen LogP contribution < -0.4 is 10.6 Å². The van der Waals surface area contributed by atoms with Crippen molar-refractivity contribution in [2.45, 2.75) is 13.3 Å². The third kappa shape index (κ3) is 5.61. The van der Waals surface area contributed by atoms with E-state index in [1.54, 1.807) is 7.05 Å². The molecule has 11 heavy (non-hydrogen) atoms. The summed E-state index contributed by atoms with van der Waals surface area (Å²) in [5.74, 6) is 0.00824. The molecule has 0 aromatic heterocycles. The minimum absolute atomic E-state index is 0.00824. The molecular weight excluding hydrogens is 140 g/mol. The van der Waals surface area contributed by atoms with Crippen LogP contribution in [0.4, 0.5) is 0 Å². The number of rotatable bonds is 5. The highest BCUT2D eigenvalue weighted by Gasteiger charge is 1.95. The normalized spacial score (nSPS) is 9.27. The number of carbonyl (C=O) groups excluding carboxylic acids is 1. The Morgan fingerprint density at radius 2 is 2.09 bits per heavy atom. The van der Waals surface area contributed by atoms with Gasteiger partial charge in [-0.05, 0) is 6.42 Å². The minimum Gasteiger partial charge on any atom is -0.358 e. The van der Waals surface area contributed by atoms with Gasteiger partial charge < -0.3 is 10.6 Å². The second-order valence-electron chi connectivity index (χ2n) is 2.38. The number of carbonyl (C=O) groups is 1. The Labute approximate surface area is 67.9 Å². The summed E-state index contributed by atoms with van der Waals surface area (Å²) < 4.78 is 0. The maximum absolute atomic E-state index is 10.7. The van der Waals surface area contributed by atoms with E-state index in [4.69, 9.17) is 0 Å². The van der Waals surface area contributed by atoms with Crippen molar-refractivity contribution >= 4 is 5.91 Å². The molecule has 0 saturated carbocycles. The highest BCUT2D eigenvalue weighted by molar-refractivity contribution is 5.77. The van der Waals surface area contributed by atoms with Crippen LogP contribution in [0.5, 0.6) is 0 Å². The molecule has 0 aliphatic carbocycles. The summed E-state index contributed by atoms with van der Waals surface area (Å²) in [5, 5.41) is 5.50. The van der Waals surface area contributed by atoms with Gasteiger partial charge in [-0.2, -0.15) is 0 Å². The van der Waals surface area contributed by atoms with E-state index in [9.17, 15) is 4.79 Å². The van der Waals surface area contributed by atoms with Gasteiger partial charge in [-0.1, -0.05) is 19.1 Å². The SMILES string of the molecule is C=C(CC)CNCC(=O)NC. The van der Waals surface area contributed by atoms with E-state index < -0.39 is 0 Å². The molecular formula is C8H16N2O. The zero-order valence-electron chi connectivity index (χ0n) is 7.24. The lowest BCUT2D eigenvalue weighted by Crippen LogP contribution is -2.32. The predicted molar refractivity (Wildman–Crippen MR) is 46.4 cm³/mol. The van der Waals surface area contributed by atoms with E-state index in [0.717, 1.165) is 18.5 Å². The Morgan fingerprint density at radius 1 is 1.45 bits per heavy atom. The Bertz CT molecular complexity index is 127. The minimum atomic E-state index is 0.00824. The van der Waals surface area contributed by atoms with Crippen LogP contribution in [0.1, 0.15) is 13.3 Å². The third-order valence-corrected chi connectivity index (χ3v) is 1.44. The number of hydrogen-bond donors (Lipinski definition) is 2. The first-order valence-corrected chi connectivity index (χ1v) is 3.78. The molecule has 0 spiro atoms. The molecule has 3 heteroatoms. The van der Waals surface area contributed by atoms with Crippen molar-refractivity contribution in [1.82, 2.24) is 10.6 Å². The summed E-state index contributed by atoms with van der Waals surface area (Å²) in [4.78, 5) is 10.7. The molecule has 0 aromatic rings. The monoisotopic (exact) mass is 156 g/mol. The fourth-order valence-corrected chi connectivity index (χ4v) is 0.566. The second kappa shape index (κ2) is 5.92. The Kier molecular flexibility index (Phi) is 5.47. The number of hydrogen-bond acceptors (Lipinski definition) is 2.